The van der Waals surface area contributed by atoms with Gasteiger partial charge in [0.1, 0.15) is 0 Å². The van der Waals surface area contributed by atoms with Gasteiger partial charge in [-0.3, -0.25) is 9.59 Å². The Kier molecular flexibility index (Phi) is 7.82. The van der Waals surface area contributed by atoms with Crippen LogP contribution in [0.2, 0.25) is 5.02 Å². The Labute approximate surface area is 165 Å². The van der Waals surface area contributed by atoms with Gasteiger partial charge in [0.05, 0.1) is 13.1 Å². The lowest BCUT2D eigenvalue weighted by molar-refractivity contribution is -0.862. The lowest BCUT2D eigenvalue weighted by Gasteiger charge is -2.17. The van der Waals surface area contributed by atoms with E-state index in [-0.39, 0.29) is 30.9 Å². The van der Waals surface area contributed by atoms with Gasteiger partial charge >= 0.3 is 0 Å². The molecule has 0 spiro atoms. The summed E-state index contributed by atoms with van der Waals surface area (Å²) in [6.45, 7) is 4.50. The van der Waals surface area contributed by atoms with Crippen LogP contribution >= 0.6 is 11.6 Å². The van der Waals surface area contributed by atoms with Crippen molar-refractivity contribution in [3.63, 3.8) is 0 Å². The molecule has 0 heterocycles. The molecule has 0 bridgehead atoms. The molecule has 0 saturated heterocycles. The van der Waals surface area contributed by atoms with Crippen LogP contribution in [0.1, 0.15) is 31.0 Å². The van der Waals surface area contributed by atoms with E-state index in [9.17, 15) is 9.59 Å². The first-order valence-electron chi connectivity index (χ1n) is 9.12. The highest BCUT2D eigenvalue weighted by atomic mass is 35.5. The highest BCUT2D eigenvalue weighted by Crippen LogP contribution is 2.14. The maximum absolute atomic E-state index is 12.3. The number of benzene rings is 2. The van der Waals surface area contributed by atoms with Crippen LogP contribution in [0, 0.1) is 0 Å². The van der Waals surface area contributed by atoms with Crippen molar-refractivity contribution < 1.29 is 14.5 Å². The Morgan fingerprint density at radius 1 is 1.00 bits per heavy atom. The molecule has 0 aliphatic carbocycles. The minimum absolute atomic E-state index is 0.0703. The van der Waals surface area contributed by atoms with E-state index < -0.39 is 0 Å². The number of halogens is 1. The molecule has 0 saturated carbocycles. The summed E-state index contributed by atoms with van der Waals surface area (Å²) in [5, 5.41) is 6.40. The molecule has 6 heteroatoms. The fourth-order valence-corrected chi connectivity index (χ4v) is 2.89. The summed E-state index contributed by atoms with van der Waals surface area (Å²) in [5.74, 6) is -0.232. The minimum Gasteiger partial charge on any atom is -0.345 e. The van der Waals surface area contributed by atoms with E-state index in [0.29, 0.717) is 10.7 Å². The summed E-state index contributed by atoms with van der Waals surface area (Å²) in [6, 6.07) is 15.1. The standard InChI is InChI=1S/C21H26ClN3O2/c1-4-16-5-7-17(8-6-16)15(2)23-20(26)13-25(3)14-21(27)24-19-11-9-18(22)10-12-19/h5-12,15H,4,13-14H2,1-3H3,(H,23,26)(H,24,27)/p+1/t15-/m1/s1. The molecule has 0 fully saturated rings. The quantitative estimate of drug-likeness (QED) is 0.649. The van der Waals surface area contributed by atoms with Gasteiger partial charge in [-0.1, -0.05) is 42.8 Å². The number of likely N-dealkylation sites (N-methyl/N-ethyl adjacent to an activating group) is 1. The molecule has 2 aromatic rings. The molecule has 5 nitrogen and oxygen atoms in total. The third kappa shape index (κ3) is 7.04. The van der Waals surface area contributed by atoms with Crippen LogP contribution in [0.4, 0.5) is 5.69 Å². The largest absolute Gasteiger partial charge is 0.345 e. The molecule has 0 aliphatic heterocycles. The van der Waals surface area contributed by atoms with Gasteiger partial charge in [-0.25, -0.2) is 0 Å². The zero-order chi connectivity index (χ0) is 19.8. The fraction of sp³-hybridized carbons (Fsp3) is 0.333. The summed E-state index contributed by atoms with van der Waals surface area (Å²) in [4.78, 5) is 25.2. The first-order chi connectivity index (χ1) is 12.9. The lowest BCUT2D eigenvalue weighted by atomic mass is 10.1. The van der Waals surface area contributed by atoms with Crippen LogP contribution in [-0.4, -0.2) is 32.0 Å². The summed E-state index contributed by atoms with van der Waals surface area (Å²) in [6.07, 6.45) is 0.993. The average molecular weight is 389 g/mol. The predicted molar refractivity (Wildman–Crippen MR) is 109 cm³/mol. The Bertz CT molecular complexity index is 760. The SMILES string of the molecule is CCc1ccc([C@@H](C)NC(=O)C[NH+](C)CC(=O)Nc2ccc(Cl)cc2)cc1. The zero-order valence-electron chi connectivity index (χ0n) is 16.0. The van der Waals surface area contributed by atoms with Gasteiger partial charge in [0.2, 0.25) is 0 Å². The Morgan fingerprint density at radius 2 is 1.59 bits per heavy atom. The number of amides is 2. The fourth-order valence-electron chi connectivity index (χ4n) is 2.77. The molecule has 1 unspecified atom stereocenters. The highest BCUT2D eigenvalue weighted by molar-refractivity contribution is 6.30. The number of aryl methyl sites for hydroxylation is 1. The summed E-state index contributed by atoms with van der Waals surface area (Å²) in [5.41, 5.74) is 3.03. The number of rotatable bonds is 8. The van der Waals surface area contributed by atoms with Crippen molar-refractivity contribution in [2.75, 3.05) is 25.5 Å². The highest BCUT2D eigenvalue weighted by Gasteiger charge is 2.16. The molecule has 144 valence electrons. The second kappa shape index (κ2) is 10.1. The normalized spacial score (nSPS) is 12.9. The minimum atomic E-state index is -0.147. The molecule has 3 N–H and O–H groups in total. The van der Waals surface area contributed by atoms with Gasteiger partial charge in [0, 0.05) is 10.7 Å². The third-order valence-electron chi connectivity index (χ3n) is 4.32. The predicted octanol–water partition coefficient (Wildman–Crippen LogP) is 2.23. The van der Waals surface area contributed by atoms with Crippen molar-refractivity contribution in [3.05, 3.63) is 64.7 Å². The number of hydrogen-bond acceptors (Lipinski definition) is 2. The smallest absolute Gasteiger partial charge is 0.279 e. The van der Waals surface area contributed by atoms with Gasteiger partial charge < -0.3 is 15.5 Å². The van der Waals surface area contributed by atoms with Crippen LogP contribution in [0.15, 0.2) is 48.5 Å². The van der Waals surface area contributed by atoms with Crippen molar-refractivity contribution in [2.45, 2.75) is 26.3 Å². The Balaban J connectivity index is 1.78. The number of nitrogens with one attached hydrogen (secondary N) is 3. The molecular weight excluding hydrogens is 362 g/mol. The van der Waals surface area contributed by atoms with Crippen LogP contribution in [0.5, 0.6) is 0 Å². The zero-order valence-corrected chi connectivity index (χ0v) is 16.8. The van der Waals surface area contributed by atoms with Crippen LogP contribution in [0.3, 0.4) is 0 Å². The molecule has 2 aromatic carbocycles. The van der Waals surface area contributed by atoms with Crippen LogP contribution in [0.25, 0.3) is 0 Å². The van der Waals surface area contributed by atoms with Gasteiger partial charge in [-0.05, 0) is 48.7 Å². The summed E-state index contributed by atoms with van der Waals surface area (Å²) >= 11 is 5.83. The topological polar surface area (TPSA) is 62.6 Å². The summed E-state index contributed by atoms with van der Waals surface area (Å²) in [7, 11) is 1.82. The summed E-state index contributed by atoms with van der Waals surface area (Å²) < 4.78 is 0. The van der Waals surface area contributed by atoms with E-state index in [1.165, 1.54) is 5.56 Å². The van der Waals surface area contributed by atoms with Crippen molar-refractivity contribution >= 4 is 29.1 Å². The van der Waals surface area contributed by atoms with Crippen LogP contribution in [-0.2, 0) is 16.0 Å². The van der Waals surface area contributed by atoms with E-state index in [1.54, 1.807) is 24.3 Å². The first-order valence-corrected chi connectivity index (χ1v) is 9.50. The van der Waals surface area contributed by atoms with E-state index in [1.807, 2.05) is 26.1 Å². The average Bonchev–Trinajstić information content (AvgIpc) is 2.63. The molecule has 2 atom stereocenters. The molecule has 2 amide bonds. The number of carbonyl (C=O) groups is 2. The van der Waals surface area contributed by atoms with E-state index in [2.05, 4.69) is 29.7 Å². The number of hydrogen-bond donors (Lipinski definition) is 3. The van der Waals surface area contributed by atoms with Gasteiger partial charge in [-0.15, -0.1) is 0 Å². The Hall–Kier alpha value is -2.37. The van der Waals surface area contributed by atoms with Gasteiger partial charge in [0.25, 0.3) is 11.8 Å². The van der Waals surface area contributed by atoms with E-state index in [4.69, 9.17) is 11.6 Å². The van der Waals surface area contributed by atoms with Crippen molar-refractivity contribution in [1.29, 1.82) is 0 Å². The Morgan fingerprint density at radius 3 is 2.19 bits per heavy atom. The maximum atomic E-state index is 12.3. The number of quaternary nitrogens is 1. The molecule has 2 rings (SSSR count). The molecule has 27 heavy (non-hydrogen) atoms. The first kappa shape index (κ1) is 20.9. The number of carbonyl (C=O) groups excluding carboxylic acids is 2. The number of anilines is 1. The maximum Gasteiger partial charge on any atom is 0.279 e. The second-order valence-electron chi connectivity index (χ2n) is 6.75. The van der Waals surface area contributed by atoms with Crippen molar-refractivity contribution in [3.8, 4) is 0 Å². The second-order valence-corrected chi connectivity index (χ2v) is 7.19. The lowest BCUT2D eigenvalue weighted by Crippen LogP contribution is -3.11. The van der Waals surface area contributed by atoms with E-state index in [0.717, 1.165) is 16.9 Å². The molecule has 0 aromatic heterocycles. The van der Waals surface area contributed by atoms with Crippen molar-refractivity contribution in [1.82, 2.24) is 5.32 Å². The molecule has 0 radical (unpaired) electrons. The molecular formula is C21H27ClN3O2+. The van der Waals surface area contributed by atoms with E-state index >= 15 is 0 Å². The monoisotopic (exact) mass is 388 g/mol. The van der Waals surface area contributed by atoms with Crippen molar-refractivity contribution in [2.24, 2.45) is 0 Å². The third-order valence-corrected chi connectivity index (χ3v) is 4.57. The molecule has 0 aliphatic rings. The van der Waals surface area contributed by atoms with Gasteiger partial charge in [-0.2, -0.15) is 0 Å². The van der Waals surface area contributed by atoms with Gasteiger partial charge in [0.15, 0.2) is 13.1 Å². The van der Waals surface area contributed by atoms with Crippen LogP contribution < -0.4 is 15.5 Å².